The molecule has 1 unspecified atom stereocenters. The summed E-state index contributed by atoms with van der Waals surface area (Å²) in [7, 11) is 0. The highest BCUT2D eigenvalue weighted by atomic mass is 16.5. The van der Waals surface area contributed by atoms with Crippen LogP contribution >= 0.6 is 0 Å². The Balaban J connectivity index is 2.64. The first-order chi connectivity index (χ1) is 11.5. The van der Waals surface area contributed by atoms with Crippen molar-refractivity contribution in [3.63, 3.8) is 0 Å². The lowest BCUT2D eigenvalue weighted by Crippen LogP contribution is -2.17. The van der Waals surface area contributed by atoms with Crippen LogP contribution in [0.25, 0.3) is 0 Å². The van der Waals surface area contributed by atoms with Crippen molar-refractivity contribution >= 4 is 11.6 Å². The molecule has 24 heavy (non-hydrogen) atoms. The van der Waals surface area contributed by atoms with Gasteiger partial charge >= 0.3 is 0 Å². The second kappa shape index (κ2) is 7.81. The molecule has 0 saturated heterocycles. The molecule has 0 bridgehead atoms. The predicted octanol–water partition coefficient (Wildman–Crippen LogP) is 3.79. The van der Waals surface area contributed by atoms with E-state index in [0.717, 1.165) is 12.8 Å². The molecule has 0 spiro atoms. The Bertz CT molecular complexity index is 700. The summed E-state index contributed by atoms with van der Waals surface area (Å²) in [5.41, 5.74) is -0.128. The molecule has 1 aliphatic rings. The van der Waals surface area contributed by atoms with Gasteiger partial charge < -0.3 is 14.9 Å². The van der Waals surface area contributed by atoms with E-state index in [1.54, 1.807) is 31.2 Å². The lowest BCUT2D eigenvalue weighted by Gasteiger charge is -2.18. The first kappa shape index (κ1) is 17.8. The molecule has 1 aliphatic carbocycles. The quantitative estimate of drug-likeness (QED) is 0.648. The summed E-state index contributed by atoms with van der Waals surface area (Å²) in [5.74, 6) is -2.16. The van der Waals surface area contributed by atoms with Gasteiger partial charge in [-0.05, 0) is 6.42 Å². The van der Waals surface area contributed by atoms with E-state index in [-0.39, 0.29) is 29.1 Å². The fourth-order valence-electron chi connectivity index (χ4n) is 2.49. The number of aromatic hydroxyl groups is 2. The molecule has 0 aliphatic heterocycles. The number of carbonyl (C=O) groups excluding carboxylic acids is 2. The average molecular weight is 330 g/mol. The highest BCUT2D eigenvalue weighted by Crippen LogP contribution is 2.40. The molecular weight excluding hydrogens is 308 g/mol. The SMILES string of the molecule is CCCCOc1cc(O)c(O)c2c1C(=O)C(C)/C=C\C=C/CC2=O. The van der Waals surface area contributed by atoms with Gasteiger partial charge in [-0.25, -0.2) is 0 Å². The number of ether oxygens (including phenoxy) is 1. The molecule has 1 aromatic carbocycles. The number of hydrogen-bond acceptors (Lipinski definition) is 5. The fourth-order valence-corrected chi connectivity index (χ4v) is 2.49. The molecule has 0 fully saturated rings. The molecule has 1 atom stereocenters. The number of ketones is 2. The van der Waals surface area contributed by atoms with Crippen LogP contribution in [0.5, 0.6) is 17.2 Å². The Morgan fingerprint density at radius 3 is 2.67 bits per heavy atom. The van der Waals surface area contributed by atoms with Gasteiger partial charge in [0.25, 0.3) is 0 Å². The summed E-state index contributed by atoms with van der Waals surface area (Å²) >= 11 is 0. The molecule has 0 aromatic heterocycles. The summed E-state index contributed by atoms with van der Waals surface area (Å²) in [6.45, 7) is 4.07. The molecular formula is C19H22O5. The lowest BCUT2D eigenvalue weighted by molar-refractivity contribution is 0.0928. The molecule has 128 valence electrons. The third kappa shape index (κ3) is 3.67. The Kier molecular flexibility index (Phi) is 5.79. The van der Waals surface area contributed by atoms with Crippen LogP contribution in [0.2, 0.25) is 0 Å². The maximum Gasteiger partial charge on any atom is 0.174 e. The van der Waals surface area contributed by atoms with Crippen LogP contribution in [-0.2, 0) is 0 Å². The number of carbonyl (C=O) groups is 2. The Labute approximate surface area is 141 Å². The lowest BCUT2D eigenvalue weighted by atomic mass is 9.89. The maximum atomic E-state index is 12.8. The van der Waals surface area contributed by atoms with Crippen molar-refractivity contribution in [2.24, 2.45) is 5.92 Å². The number of rotatable bonds is 4. The van der Waals surface area contributed by atoms with Gasteiger partial charge in [0, 0.05) is 18.4 Å². The van der Waals surface area contributed by atoms with E-state index in [4.69, 9.17) is 4.74 Å². The minimum Gasteiger partial charge on any atom is -0.504 e. The highest BCUT2D eigenvalue weighted by Gasteiger charge is 2.29. The second-order valence-corrected chi connectivity index (χ2v) is 5.79. The van der Waals surface area contributed by atoms with Gasteiger partial charge in [0.1, 0.15) is 5.75 Å². The molecule has 5 nitrogen and oxygen atoms in total. The molecule has 5 heteroatoms. The Hall–Kier alpha value is -2.56. The van der Waals surface area contributed by atoms with Gasteiger partial charge in [0.2, 0.25) is 0 Å². The van der Waals surface area contributed by atoms with Gasteiger partial charge in [-0.15, -0.1) is 0 Å². The number of hydrogen-bond donors (Lipinski definition) is 2. The minimum absolute atomic E-state index is 0.0183. The zero-order valence-electron chi connectivity index (χ0n) is 13.9. The topological polar surface area (TPSA) is 83.8 Å². The van der Waals surface area contributed by atoms with Crippen molar-refractivity contribution in [1.29, 1.82) is 0 Å². The monoisotopic (exact) mass is 330 g/mol. The van der Waals surface area contributed by atoms with Gasteiger partial charge in [-0.2, -0.15) is 0 Å². The zero-order chi connectivity index (χ0) is 17.7. The van der Waals surface area contributed by atoms with Crippen molar-refractivity contribution in [1.82, 2.24) is 0 Å². The number of benzene rings is 1. The number of phenols is 2. The van der Waals surface area contributed by atoms with E-state index in [0.29, 0.717) is 6.61 Å². The number of phenolic OH excluding ortho intramolecular Hbond substituents is 2. The number of allylic oxidation sites excluding steroid dienone is 4. The van der Waals surface area contributed by atoms with Crippen LogP contribution in [0.1, 0.15) is 53.8 Å². The number of Topliss-reactive ketones (excluding diaryl/α,β-unsaturated/α-hetero) is 2. The average Bonchev–Trinajstić information content (AvgIpc) is 2.55. The summed E-state index contributed by atoms with van der Waals surface area (Å²) in [5, 5.41) is 20.1. The first-order valence-corrected chi connectivity index (χ1v) is 8.09. The van der Waals surface area contributed by atoms with Crippen LogP contribution < -0.4 is 4.74 Å². The minimum atomic E-state index is -0.573. The van der Waals surface area contributed by atoms with E-state index in [9.17, 15) is 19.8 Å². The summed E-state index contributed by atoms with van der Waals surface area (Å²) in [6, 6.07) is 1.20. The standard InChI is InChI=1S/C19H22O5/c1-3-4-10-24-15-11-14(21)19(23)16-13(20)9-7-5-6-8-12(2)18(22)17(15)16/h5-8,11-12,21,23H,3-4,9-10H2,1-2H3/b7-5-,8-6-. The summed E-state index contributed by atoms with van der Waals surface area (Å²) in [6.07, 6.45) is 8.47. The van der Waals surface area contributed by atoms with Crippen molar-refractivity contribution in [2.75, 3.05) is 6.61 Å². The van der Waals surface area contributed by atoms with Crippen LogP contribution in [0, 0.1) is 5.92 Å². The molecule has 1 aromatic rings. The number of fused-ring (bicyclic) bond motifs is 1. The van der Waals surface area contributed by atoms with E-state index in [2.05, 4.69) is 0 Å². The molecule has 0 radical (unpaired) electrons. The van der Waals surface area contributed by atoms with Crippen LogP contribution in [-0.4, -0.2) is 28.4 Å². The van der Waals surface area contributed by atoms with Gasteiger partial charge in [0.05, 0.1) is 17.7 Å². The van der Waals surface area contributed by atoms with E-state index in [1.165, 1.54) is 6.07 Å². The molecule has 0 amide bonds. The predicted molar refractivity (Wildman–Crippen MR) is 90.9 cm³/mol. The fraction of sp³-hybridized carbons (Fsp3) is 0.368. The third-order valence-corrected chi connectivity index (χ3v) is 3.89. The molecule has 0 saturated carbocycles. The second-order valence-electron chi connectivity index (χ2n) is 5.79. The molecule has 2 rings (SSSR count). The van der Waals surface area contributed by atoms with Gasteiger partial charge in [-0.1, -0.05) is 44.6 Å². The van der Waals surface area contributed by atoms with E-state index < -0.39 is 23.2 Å². The number of unbranched alkanes of at least 4 members (excludes halogenated alkanes) is 1. The van der Waals surface area contributed by atoms with Crippen LogP contribution in [0.3, 0.4) is 0 Å². The van der Waals surface area contributed by atoms with Crippen molar-refractivity contribution in [3.05, 3.63) is 41.5 Å². The van der Waals surface area contributed by atoms with Crippen LogP contribution in [0.15, 0.2) is 30.4 Å². The Morgan fingerprint density at radius 1 is 1.21 bits per heavy atom. The van der Waals surface area contributed by atoms with E-state index >= 15 is 0 Å². The van der Waals surface area contributed by atoms with Crippen molar-refractivity contribution < 1.29 is 24.5 Å². The first-order valence-electron chi connectivity index (χ1n) is 8.09. The van der Waals surface area contributed by atoms with Gasteiger partial charge in [-0.3, -0.25) is 9.59 Å². The normalized spacial score (nSPS) is 20.3. The summed E-state index contributed by atoms with van der Waals surface area (Å²) < 4.78 is 5.63. The zero-order valence-corrected chi connectivity index (χ0v) is 13.9. The molecule has 0 heterocycles. The highest BCUT2D eigenvalue weighted by molar-refractivity contribution is 6.14. The van der Waals surface area contributed by atoms with E-state index in [1.807, 2.05) is 6.92 Å². The smallest absolute Gasteiger partial charge is 0.174 e. The van der Waals surface area contributed by atoms with Crippen LogP contribution in [0.4, 0.5) is 0 Å². The molecule has 2 N–H and O–H groups in total. The Morgan fingerprint density at radius 2 is 1.96 bits per heavy atom. The largest absolute Gasteiger partial charge is 0.504 e. The van der Waals surface area contributed by atoms with Gasteiger partial charge in [0.15, 0.2) is 23.1 Å². The third-order valence-electron chi connectivity index (χ3n) is 3.89. The van der Waals surface area contributed by atoms with Crippen molar-refractivity contribution in [2.45, 2.75) is 33.1 Å². The van der Waals surface area contributed by atoms with Crippen molar-refractivity contribution in [3.8, 4) is 17.2 Å². The maximum absolute atomic E-state index is 12.8. The summed E-state index contributed by atoms with van der Waals surface area (Å²) in [4.78, 5) is 25.3.